The molecule has 0 unspecified atom stereocenters. The number of ether oxygens (including phenoxy) is 5. The number of nitrogens with one attached hydrogen (secondary N) is 5. The third-order valence-electron chi connectivity index (χ3n) is 22.2. The number of carbonyl (C=O) groups excluding carboxylic acids is 5. The predicted molar refractivity (Wildman–Crippen MR) is 480 cm³/mol. The zero-order chi connectivity index (χ0) is 104. The van der Waals surface area contributed by atoms with Crippen molar-refractivity contribution in [3.05, 3.63) is 260 Å². The Bertz CT molecular complexity index is 6470. The summed E-state index contributed by atoms with van der Waals surface area (Å²) in [5.74, 6) is -4.52. The number of hydrogen-bond acceptors (Lipinski definition) is 21. The standard InChI is InChI=1S/C18H18ClN5O3.4C18H18F4N4O3/c1-23-16(25)6-5-15(22-23)21-18(26)24-9-7-13(8-10-24)27-14-4-2-3-12(11-20)17(14)19;1-25-16(27)5-4-15(24-25)23-17(28)26-8-6-11(7-9-26)29-12-2-3-13(14(19)10-12)18(20,21)22;1-25-16(27)5-4-15(24-25)23-17(28)26-8-6-12(7-9-26)29-14-3-2-11(19)10-13(14)18(20,21)22;1-25-16(27)5-4-15(24-25)23-17(28)26-8-6-12(7-9-26)29-14-10-11(19)2-3-13(14)18(20,21)22;1-25-15(27)6-5-14(24-25)23-17(28)26-9-7-11(8-10-26)29-13-4-2-3-12(19)16(13)18(20,21)22/h2-6,13H,7-10H2,1H3,(H,21,22,26);2-5,10-11H,6-9H2,1H3,(H,23,24,28);2*2-5,10,12H,6-9H2,1H3,(H,23,24,28);2-6,11H,7-10H2,1H3,(H,23,24,28). The lowest BCUT2D eigenvalue weighted by atomic mass is 10.1. The van der Waals surface area contributed by atoms with Crippen molar-refractivity contribution in [3.8, 4) is 34.8 Å². The molecule has 15 rings (SSSR count). The number of carbonyl (C=O) groups is 5. The topological polar surface area (TPSA) is 406 Å². The van der Waals surface area contributed by atoms with Crippen molar-refractivity contribution in [2.45, 2.75) is 119 Å². The minimum absolute atomic E-state index is 0.00723. The molecule has 10 amide bonds. The fourth-order valence-electron chi connectivity index (χ4n) is 14.6. The van der Waals surface area contributed by atoms with Crippen molar-refractivity contribution in [1.82, 2.24) is 73.4 Å². The van der Waals surface area contributed by atoms with Crippen LogP contribution in [-0.4, -0.2) is 200 Å². The van der Waals surface area contributed by atoms with E-state index in [0.717, 1.165) is 65.9 Å². The number of hydrogen-bond donors (Lipinski definition) is 5. The average molecular weight is 2050 g/mol. The van der Waals surface area contributed by atoms with E-state index in [0.29, 0.717) is 117 Å². The molecule has 0 aliphatic carbocycles. The first-order chi connectivity index (χ1) is 67.5. The minimum atomic E-state index is -4.87. The Labute approximate surface area is 805 Å². The quantitative estimate of drug-likeness (QED) is 0.0595. The van der Waals surface area contributed by atoms with E-state index >= 15 is 0 Å². The number of halogens is 17. The van der Waals surface area contributed by atoms with Gasteiger partial charge in [-0.2, -0.15) is 83.4 Å². The van der Waals surface area contributed by atoms with Gasteiger partial charge in [-0.3, -0.25) is 50.6 Å². The van der Waals surface area contributed by atoms with Crippen molar-refractivity contribution in [3.63, 3.8) is 0 Å². The van der Waals surface area contributed by atoms with E-state index in [4.69, 9.17) is 40.5 Å². The van der Waals surface area contributed by atoms with E-state index in [1.807, 2.05) is 6.07 Å². The molecule has 5 aromatic heterocycles. The Morgan fingerprint density at radius 1 is 0.329 bits per heavy atom. The number of urea groups is 5. The molecule has 5 aliphatic heterocycles. The molecule has 143 heavy (non-hydrogen) atoms. The molecule has 10 aromatic rings. The van der Waals surface area contributed by atoms with Gasteiger partial charge < -0.3 is 48.2 Å². The number of nitriles is 1. The third-order valence-corrected chi connectivity index (χ3v) is 22.6. The van der Waals surface area contributed by atoms with Crippen molar-refractivity contribution in [1.29, 1.82) is 5.26 Å². The highest BCUT2D eigenvalue weighted by Crippen LogP contribution is 2.43. The maximum Gasteiger partial charge on any atom is 0.422 e. The molecule has 5 N–H and O–H groups in total. The summed E-state index contributed by atoms with van der Waals surface area (Å²) in [5.41, 5.74) is -6.13. The Balaban J connectivity index is 0.000000171. The zero-order valence-corrected chi connectivity index (χ0v) is 76.9. The second-order valence-electron chi connectivity index (χ2n) is 32.3. The van der Waals surface area contributed by atoms with E-state index in [-0.39, 0.29) is 140 Å². The Morgan fingerprint density at radius 3 is 0.944 bits per heavy atom. The normalized spacial score (nSPS) is 15.1. The molecule has 5 fully saturated rings. The average Bonchev–Trinajstić information content (AvgIpc) is 0.793. The van der Waals surface area contributed by atoms with Gasteiger partial charge in [0.25, 0.3) is 27.8 Å². The van der Waals surface area contributed by atoms with Gasteiger partial charge >= 0.3 is 54.9 Å². The highest BCUT2D eigenvalue weighted by atomic mass is 35.5. The number of likely N-dealkylation sites (tertiary alicyclic amines) is 5. The molecule has 0 bridgehead atoms. The van der Waals surface area contributed by atoms with Gasteiger partial charge in [0.05, 0.1) is 16.7 Å². The maximum atomic E-state index is 13.6. The van der Waals surface area contributed by atoms with Crippen molar-refractivity contribution in [2.75, 3.05) is 92.0 Å². The maximum absolute atomic E-state index is 13.6. The van der Waals surface area contributed by atoms with Crippen molar-refractivity contribution < 1.29 is 118 Å². The van der Waals surface area contributed by atoms with Crippen LogP contribution in [0, 0.1) is 34.6 Å². The monoisotopic (exact) mass is 2040 g/mol. The Hall–Kier alpha value is -15.5. The fraction of sp³-hybridized carbons (Fsp3) is 0.378. The van der Waals surface area contributed by atoms with E-state index in [1.54, 1.807) is 23.1 Å². The van der Waals surface area contributed by atoms with Crippen LogP contribution in [0.5, 0.6) is 28.7 Å². The molecule has 0 atom stereocenters. The summed E-state index contributed by atoms with van der Waals surface area (Å²) < 4.78 is 243. The molecule has 10 heterocycles. The summed E-state index contributed by atoms with van der Waals surface area (Å²) >= 11 is 6.17. The summed E-state index contributed by atoms with van der Waals surface area (Å²) in [6.45, 7) is 3.15. The van der Waals surface area contributed by atoms with Crippen LogP contribution in [0.4, 0.5) is 123 Å². The lowest BCUT2D eigenvalue weighted by molar-refractivity contribution is -0.142. The van der Waals surface area contributed by atoms with Crippen LogP contribution in [0.25, 0.3) is 0 Å². The number of aryl methyl sites for hydroxylation is 5. The molecular weight excluding hydrogens is 1950 g/mol. The lowest BCUT2D eigenvalue weighted by Crippen LogP contribution is -2.44. The third kappa shape index (κ3) is 30.8. The SMILES string of the molecule is Cn1nc(NC(=O)N2CCC(Oc3cc(F)ccc3C(F)(F)F)CC2)ccc1=O.Cn1nc(NC(=O)N2CCC(Oc3ccc(C(F)(F)F)c(F)c3)CC2)ccc1=O.Cn1nc(NC(=O)N2CCC(Oc3ccc(F)cc3C(F)(F)F)CC2)ccc1=O.Cn1nc(NC(=O)N2CCC(Oc3cccc(C#N)c3Cl)CC2)ccc1=O.Cn1nc(NC(=O)N2CCC(Oc3cccc(F)c3C(F)(F)F)CC2)ccc1=O. The number of alkyl halides is 12. The molecule has 0 spiro atoms. The van der Waals surface area contributed by atoms with Gasteiger partial charge in [0.2, 0.25) is 0 Å². The summed E-state index contributed by atoms with van der Waals surface area (Å²) in [7, 11) is 7.33. The predicted octanol–water partition coefficient (Wildman–Crippen LogP) is 14.4. The second-order valence-corrected chi connectivity index (χ2v) is 32.7. The molecule has 0 radical (unpaired) electrons. The van der Waals surface area contributed by atoms with Crippen LogP contribution in [0.15, 0.2) is 176 Å². The number of aromatic nitrogens is 10. The largest absolute Gasteiger partial charge is 0.490 e. The molecule has 36 nitrogen and oxygen atoms in total. The summed E-state index contributed by atoms with van der Waals surface area (Å²) in [4.78, 5) is 126. The van der Waals surface area contributed by atoms with Crippen LogP contribution in [0.3, 0.4) is 0 Å². The van der Waals surface area contributed by atoms with Gasteiger partial charge in [-0.05, 0) is 97.1 Å². The molecule has 0 saturated carbocycles. The smallest absolute Gasteiger partial charge is 0.422 e. The Kier molecular flexibility index (Phi) is 36.0. The van der Waals surface area contributed by atoms with E-state index in [9.17, 15) is 118 Å². The van der Waals surface area contributed by atoms with Crippen molar-refractivity contribution in [2.24, 2.45) is 35.2 Å². The first-order valence-electron chi connectivity index (χ1n) is 43.5. The van der Waals surface area contributed by atoms with Crippen LogP contribution in [-0.2, 0) is 59.9 Å². The number of piperidine rings is 5. The van der Waals surface area contributed by atoms with Crippen molar-refractivity contribution >= 4 is 70.8 Å². The minimum Gasteiger partial charge on any atom is -0.490 e. The van der Waals surface area contributed by atoms with Gasteiger partial charge in [0.1, 0.15) is 105 Å². The molecule has 53 heteroatoms. The van der Waals surface area contributed by atoms with Gasteiger partial charge in [-0.15, -0.1) is 0 Å². The summed E-state index contributed by atoms with van der Waals surface area (Å²) in [5, 5.41) is 41.9. The fourth-order valence-corrected chi connectivity index (χ4v) is 14.8. The van der Waals surface area contributed by atoms with Crippen LogP contribution >= 0.6 is 11.6 Å². The molecular formula is C90H90ClF16N21O15. The van der Waals surface area contributed by atoms with Gasteiger partial charge in [0, 0.05) is 207 Å². The van der Waals surface area contributed by atoms with Gasteiger partial charge in [-0.25, -0.2) is 64.9 Å². The van der Waals surface area contributed by atoms with E-state index in [2.05, 4.69) is 52.1 Å². The second kappa shape index (κ2) is 47.6. The number of amides is 10. The van der Waals surface area contributed by atoms with E-state index < -0.39 is 130 Å². The number of nitrogens with zero attached hydrogens (tertiary/aromatic N) is 16. The molecule has 764 valence electrons. The number of rotatable bonds is 15. The summed E-state index contributed by atoms with van der Waals surface area (Å²) in [6.07, 6.45) is -17.3. The zero-order valence-electron chi connectivity index (χ0n) is 76.2. The van der Waals surface area contributed by atoms with Gasteiger partial charge in [0.15, 0.2) is 29.1 Å². The van der Waals surface area contributed by atoms with Crippen LogP contribution in [0.2, 0.25) is 5.02 Å². The molecule has 5 aromatic carbocycles. The molecule has 5 saturated heterocycles. The summed E-state index contributed by atoms with van der Waals surface area (Å²) in [6, 6.07) is 28.3. The van der Waals surface area contributed by atoms with Gasteiger partial charge in [-0.1, -0.05) is 23.7 Å². The number of anilines is 5. The molecule has 5 aliphatic rings. The lowest BCUT2D eigenvalue weighted by Gasteiger charge is -2.32. The van der Waals surface area contributed by atoms with Crippen LogP contribution < -0.4 is 78.1 Å². The Morgan fingerprint density at radius 2 is 0.622 bits per heavy atom. The van der Waals surface area contributed by atoms with E-state index in [1.165, 1.54) is 116 Å². The highest BCUT2D eigenvalue weighted by molar-refractivity contribution is 6.33. The van der Waals surface area contributed by atoms with Crippen LogP contribution in [0.1, 0.15) is 92.0 Å². The highest BCUT2D eigenvalue weighted by Gasteiger charge is 2.42. The first kappa shape index (κ1) is 108. The first-order valence-corrected chi connectivity index (χ1v) is 43.9. The number of benzene rings is 5.